The minimum atomic E-state index is -3.68. The number of ketones is 1. The molecule has 5 aliphatic carbocycles. The van der Waals surface area contributed by atoms with Crippen molar-refractivity contribution in [3.63, 3.8) is 0 Å². The van der Waals surface area contributed by atoms with Crippen LogP contribution in [-0.2, 0) is 10.0 Å². The molecule has 2 atom stereocenters. The van der Waals surface area contributed by atoms with Crippen LogP contribution < -0.4 is 4.74 Å². The van der Waals surface area contributed by atoms with Crippen LogP contribution in [0.2, 0.25) is 0 Å². The summed E-state index contributed by atoms with van der Waals surface area (Å²) in [4.78, 5) is 12.8. The van der Waals surface area contributed by atoms with E-state index < -0.39 is 27.4 Å². The molecule has 0 aromatic heterocycles. The predicted octanol–water partition coefficient (Wildman–Crippen LogP) is 4.76. The van der Waals surface area contributed by atoms with Gasteiger partial charge in [0.15, 0.2) is 5.78 Å². The van der Waals surface area contributed by atoms with Crippen molar-refractivity contribution in [1.82, 2.24) is 4.31 Å². The zero-order valence-electron chi connectivity index (χ0n) is 19.4. The molecule has 33 heavy (non-hydrogen) atoms. The van der Waals surface area contributed by atoms with Gasteiger partial charge in [-0.3, -0.25) is 4.79 Å². The third kappa shape index (κ3) is 4.03. The lowest BCUT2D eigenvalue weighted by atomic mass is 9.50. The van der Waals surface area contributed by atoms with Crippen LogP contribution in [-0.4, -0.2) is 44.0 Å². The van der Waals surface area contributed by atoms with Gasteiger partial charge < -0.3 is 4.74 Å². The Bertz CT molecular complexity index is 1040. The van der Waals surface area contributed by atoms with Crippen molar-refractivity contribution < 1.29 is 22.3 Å². The first kappa shape index (κ1) is 22.0. The van der Waals surface area contributed by atoms with Crippen LogP contribution in [0, 0.1) is 34.9 Å². The van der Waals surface area contributed by atoms with E-state index in [0.717, 1.165) is 36.2 Å². The summed E-state index contributed by atoms with van der Waals surface area (Å²) in [6.45, 7) is 3.66. The van der Waals surface area contributed by atoms with Crippen molar-refractivity contribution >= 4 is 15.8 Å². The number of halogens is 1. The third-order valence-corrected chi connectivity index (χ3v) is 10.9. The van der Waals surface area contributed by atoms with E-state index in [1.165, 1.54) is 48.9 Å². The van der Waals surface area contributed by atoms with Crippen molar-refractivity contribution in [2.24, 2.45) is 29.1 Å². The van der Waals surface area contributed by atoms with Gasteiger partial charge in [-0.2, -0.15) is 0 Å². The van der Waals surface area contributed by atoms with E-state index in [0.29, 0.717) is 31.4 Å². The highest BCUT2D eigenvalue weighted by molar-refractivity contribution is 7.89. The van der Waals surface area contributed by atoms with E-state index in [2.05, 4.69) is 6.92 Å². The number of rotatable bonds is 8. The molecule has 7 rings (SSSR count). The molecule has 1 aliphatic heterocycles. The number of hydrogen-bond donors (Lipinski definition) is 0. The summed E-state index contributed by atoms with van der Waals surface area (Å²) >= 11 is 0. The van der Waals surface area contributed by atoms with Crippen LogP contribution in [0.1, 0.15) is 80.1 Å². The van der Waals surface area contributed by atoms with E-state index in [1.54, 1.807) is 6.07 Å². The molecule has 6 fully saturated rings. The Hall–Kier alpha value is -1.47. The summed E-state index contributed by atoms with van der Waals surface area (Å²) in [6, 6.07) is 2.94. The molecule has 6 aliphatic rings. The Labute approximate surface area is 196 Å². The molecule has 7 heteroatoms. The summed E-state index contributed by atoms with van der Waals surface area (Å²) in [5.41, 5.74) is 0.978. The van der Waals surface area contributed by atoms with E-state index in [-0.39, 0.29) is 16.9 Å². The summed E-state index contributed by atoms with van der Waals surface area (Å²) in [6.07, 6.45) is 9.58. The molecule has 4 bridgehead atoms. The molecule has 1 aromatic carbocycles. The number of ether oxygens (including phenoxy) is 1. The molecule has 0 N–H and O–H groups in total. The van der Waals surface area contributed by atoms with E-state index in [9.17, 15) is 13.2 Å². The lowest BCUT2D eigenvalue weighted by Crippen LogP contribution is -2.48. The number of nitrogens with zero attached hydrogens (tertiary/aromatic N) is 1. The zero-order valence-corrected chi connectivity index (χ0v) is 20.2. The second-order valence-corrected chi connectivity index (χ2v) is 13.8. The monoisotopic (exact) mass is 475 g/mol. The fourth-order valence-electron chi connectivity index (χ4n) is 7.55. The molecular formula is C26H34FNO4S. The van der Waals surface area contributed by atoms with E-state index in [1.807, 2.05) is 0 Å². The molecule has 0 radical (unpaired) electrons. The standard InChI is InChI=1S/C26H34FNO4S/c1-16-5-20(16)21-9-22(24(29)14-33(30,31)28-3-2-4-28)23(27)10-25(21)32-15-26-11-17-6-18(12-26)8-19(7-17)13-26/h9-10,16-20H,2-8,11-15H2,1H3/t16-,17?,18?,19?,20-,26?/m1/s1. The summed E-state index contributed by atoms with van der Waals surface area (Å²) in [5.74, 6) is 1.74. The predicted molar refractivity (Wildman–Crippen MR) is 123 cm³/mol. The largest absolute Gasteiger partial charge is 0.493 e. The Morgan fingerprint density at radius 1 is 1.09 bits per heavy atom. The smallest absolute Gasteiger partial charge is 0.221 e. The van der Waals surface area contributed by atoms with Crippen LogP contribution in [0.3, 0.4) is 0 Å². The number of carbonyl (C=O) groups excluding carboxylic acids is 1. The number of Topliss-reactive ketones (excluding diaryl/α,β-unsaturated/α-hetero) is 1. The lowest BCUT2D eigenvalue weighted by Gasteiger charge is -2.56. The topological polar surface area (TPSA) is 63.7 Å². The first-order valence-electron chi connectivity index (χ1n) is 12.7. The maximum atomic E-state index is 15.1. The lowest BCUT2D eigenvalue weighted by molar-refractivity contribution is -0.0747. The van der Waals surface area contributed by atoms with Crippen molar-refractivity contribution in [1.29, 1.82) is 0 Å². The van der Waals surface area contributed by atoms with Crippen molar-refractivity contribution in [3.8, 4) is 5.75 Å². The first-order valence-corrected chi connectivity index (χ1v) is 14.3. The van der Waals surface area contributed by atoms with Gasteiger partial charge in [0, 0.05) is 24.6 Å². The van der Waals surface area contributed by atoms with Crippen LogP contribution in [0.25, 0.3) is 0 Å². The van der Waals surface area contributed by atoms with Gasteiger partial charge in [0.05, 0.1) is 12.2 Å². The molecule has 1 heterocycles. The quantitative estimate of drug-likeness (QED) is 0.509. The Morgan fingerprint density at radius 2 is 1.70 bits per heavy atom. The van der Waals surface area contributed by atoms with Crippen molar-refractivity contribution in [3.05, 3.63) is 29.1 Å². The van der Waals surface area contributed by atoms with E-state index in [4.69, 9.17) is 4.74 Å². The molecule has 0 amide bonds. The molecule has 180 valence electrons. The second kappa shape index (κ2) is 7.77. The molecule has 1 aromatic rings. The highest BCUT2D eigenvalue weighted by Crippen LogP contribution is 2.60. The van der Waals surface area contributed by atoms with E-state index >= 15 is 4.39 Å². The normalized spacial score (nSPS) is 37.1. The van der Waals surface area contributed by atoms with Crippen molar-refractivity contribution in [2.75, 3.05) is 25.4 Å². The minimum absolute atomic E-state index is 0.115. The number of benzene rings is 1. The first-order chi connectivity index (χ1) is 15.7. The summed E-state index contributed by atoms with van der Waals surface area (Å²) < 4.78 is 47.6. The van der Waals surface area contributed by atoms with Gasteiger partial charge >= 0.3 is 0 Å². The SMILES string of the molecule is C[C@@H]1C[C@H]1c1cc(C(=O)CS(=O)(=O)N2CCC2)c(F)cc1OCC12CC3CC(CC(C3)C1)C2. The molecular weight excluding hydrogens is 441 g/mol. The van der Waals surface area contributed by atoms with Crippen LogP contribution >= 0.6 is 0 Å². The average Bonchev–Trinajstić information content (AvgIpc) is 3.39. The maximum Gasteiger partial charge on any atom is 0.221 e. The minimum Gasteiger partial charge on any atom is -0.493 e. The fraction of sp³-hybridized carbons (Fsp3) is 0.731. The molecule has 1 saturated heterocycles. The molecule has 0 unspecified atom stereocenters. The highest BCUT2D eigenvalue weighted by atomic mass is 32.2. The Morgan fingerprint density at radius 3 is 2.21 bits per heavy atom. The number of carbonyl (C=O) groups is 1. The van der Waals surface area contributed by atoms with Gasteiger partial charge in [0.1, 0.15) is 17.3 Å². The number of hydrogen-bond acceptors (Lipinski definition) is 4. The zero-order chi connectivity index (χ0) is 23.0. The summed E-state index contributed by atoms with van der Waals surface area (Å²) in [5, 5.41) is 0. The molecule has 0 spiro atoms. The van der Waals surface area contributed by atoms with Crippen LogP contribution in [0.15, 0.2) is 12.1 Å². The maximum absolute atomic E-state index is 15.1. The molecule has 5 nitrogen and oxygen atoms in total. The average molecular weight is 476 g/mol. The third-order valence-electron chi connectivity index (χ3n) is 9.13. The Balaban J connectivity index is 1.23. The van der Waals surface area contributed by atoms with Gasteiger partial charge in [0.2, 0.25) is 10.0 Å². The van der Waals surface area contributed by atoms with Crippen molar-refractivity contribution in [2.45, 2.75) is 64.2 Å². The van der Waals surface area contributed by atoms with Gasteiger partial charge in [0.25, 0.3) is 0 Å². The number of sulfonamides is 1. The van der Waals surface area contributed by atoms with Gasteiger partial charge in [-0.25, -0.2) is 17.1 Å². The Kier molecular flexibility index (Phi) is 5.19. The van der Waals surface area contributed by atoms with Gasteiger partial charge in [-0.1, -0.05) is 6.92 Å². The van der Waals surface area contributed by atoms with Crippen LogP contribution in [0.4, 0.5) is 4.39 Å². The second-order valence-electron chi connectivity index (χ2n) is 11.8. The molecule has 5 saturated carbocycles. The highest BCUT2D eigenvalue weighted by Gasteiger charge is 2.51. The summed E-state index contributed by atoms with van der Waals surface area (Å²) in [7, 11) is -3.68. The van der Waals surface area contributed by atoms with Gasteiger partial charge in [-0.15, -0.1) is 0 Å². The van der Waals surface area contributed by atoms with Crippen LogP contribution in [0.5, 0.6) is 5.75 Å². The van der Waals surface area contributed by atoms with Gasteiger partial charge in [-0.05, 0) is 92.6 Å². The fourth-order valence-corrected chi connectivity index (χ4v) is 9.04.